The van der Waals surface area contributed by atoms with Crippen LogP contribution < -0.4 is 0 Å². The lowest BCUT2D eigenvalue weighted by Crippen LogP contribution is -2.39. The van der Waals surface area contributed by atoms with Crippen molar-refractivity contribution >= 4 is 31.8 Å². The first-order valence-electron chi connectivity index (χ1n) is 15.3. The normalized spacial score (nSPS) is 15.7. The number of hydrogen-bond donors (Lipinski definition) is 1. The number of thioether (sulfide) groups is 1. The number of unbranched alkanes of at least 4 members (excludes halogenated alkanes) is 1. The van der Waals surface area contributed by atoms with Crippen molar-refractivity contribution in [2.45, 2.75) is 115 Å². The van der Waals surface area contributed by atoms with Gasteiger partial charge in [-0.1, -0.05) is 52.0 Å². The fourth-order valence-electron chi connectivity index (χ4n) is 5.45. The largest absolute Gasteiger partial charge is 0.481 e. The average Bonchev–Trinajstić information content (AvgIpc) is 3.42. The van der Waals surface area contributed by atoms with E-state index in [0.717, 1.165) is 31.7 Å². The number of hydrogen-bond acceptors (Lipinski definition) is 6. The molecule has 2 aromatic rings. The number of aliphatic carboxylic acids is 1. The Morgan fingerprint density at radius 2 is 1.79 bits per heavy atom. The predicted molar refractivity (Wildman–Crippen MR) is 175 cm³/mol. The van der Waals surface area contributed by atoms with Crippen LogP contribution in [-0.4, -0.2) is 53.6 Å². The van der Waals surface area contributed by atoms with Crippen molar-refractivity contribution in [3.63, 3.8) is 0 Å². The number of carbonyl (C=O) groups is 2. The molecule has 4 atom stereocenters. The maximum Gasteiger partial charge on any atom is 0.311 e. The van der Waals surface area contributed by atoms with Crippen LogP contribution in [-0.2, 0) is 19.1 Å². The number of carboxylic acid groups (broad SMARTS) is 1. The van der Waals surface area contributed by atoms with Gasteiger partial charge in [-0.05, 0) is 81.5 Å². The van der Waals surface area contributed by atoms with Gasteiger partial charge in [-0.2, -0.15) is 0 Å². The molecule has 0 aliphatic rings. The summed E-state index contributed by atoms with van der Waals surface area (Å²) in [5, 5.41) is 9.46. The van der Waals surface area contributed by atoms with Crippen LogP contribution in [0.3, 0.4) is 0 Å². The van der Waals surface area contributed by atoms with Gasteiger partial charge in [-0.15, -0.1) is 11.8 Å². The van der Waals surface area contributed by atoms with E-state index in [1.54, 1.807) is 30.4 Å². The van der Waals surface area contributed by atoms with Gasteiger partial charge in [0.15, 0.2) is 6.23 Å². The first kappa shape index (κ1) is 36.1. The number of imidazole rings is 1. The Kier molecular flexibility index (Phi) is 14.3. The van der Waals surface area contributed by atoms with Gasteiger partial charge in [0.05, 0.1) is 11.7 Å². The van der Waals surface area contributed by atoms with Crippen molar-refractivity contribution < 1.29 is 24.2 Å². The molecule has 7 nitrogen and oxygen atoms in total. The molecule has 0 spiro atoms. The molecule has 0 fully saturated rings. The number of carbonyl (C=O) groups excluding carboxylic acids is 1. The number of rotatable bonds is 19. The van der Waals surface area contributed by atoms with Crippen molar-refractivity contribution in [1.29, 1.82) is 0 Å². The molecular formula is C33H54N2O5SSi. The molecule has 0 amide bonds. The topological polar surface area (TPSA) is 90.6 Å². The van der Waals surface area contributed by atoms with Crippen LogP contribution in [0.5, 0.6) is 0 Å². The number of methoxy groups -OCH3 is 1. The van der Waals surface area contributed by atoms with E-state index in [1.807, 2.05) is 11.8 Å². The average molecular weight is 619 g/mol. The van der Waals surface area contributed by atoms with Crippen LogP contribution in [0.1, 0.15) is 76.7 Å². The monoisotopic (exact) mass is 618 g/mol. The third-order valence-corrected chi connectivity index (χ3v) is 11.2. The maximum atomic E-state index is 14.0. The molecule has 0 saturated carbocycles. The summed E-state index contributed by atoms with van der Waals surface area (Å²) in [4.78, 5) is 30.5. The van der Waals surface area contributed by atoms with Gasteiger partial charge in [0.1, 0.15) is 6.61 Å². The van der Waals surface area contributed by atoms with Gasteiger partial charge >= 0.3 is 11.9 Å². The molecule has 1 heterocycles. The van der Waals surface area contributed by atoms with Gasteiger partial charge in [-0.25, -0.2) is 4.98 Å². The fraction of sp³-hybridized carbons (Fsp3) is 0.667. The summed E-state index contributed by atoms with van der Waals surface area (Å²) in [6, 6.07) is 7.69. The maximum absolute atomic E-state index is 14.0. The molecule has 0 saturated heterocycles. The van der Waals surface area contributed by atoms with Gasteiger partial charge in [0.25, 0.3) is 0 Å². The van der Waals surface area contributed by atoms with E-state index in [0.29, 0.717) is 12.3 Å². The Morgan fingerprint density at radius 1 is 1.12 bits per heavy atom. The SMILES string of the molecule is COC(COC(=O)C(C)(CC[Si](C)(C)C)CC(C(C)C)C(CCCCC(=O)O)Sc1cc(C)cc(C)c1)n1ccnc1. The van der Waals surface area contributed by atoms with Crippen LogP contribution in [0.15, 0.2) is 41.8 Å². The molecule has 42 heavy (non-hydrogen) atoms. The standard InChI is InChI=1S/C33H54N2O5SSi/c1-24(2)28(29(12-10-11-13-31(36)37)41-27-19-25(3)18-26(4)20-27)21-33(5,14-17-42(7,8)9)32(38)40-22-30(39-6)35-16-15-34-23-35/h15-16,18-20,23-24,28-30H,10-14,17,21-22H2,1-9H3,(H,36,37). The first-order valence-corrected chi connectivity index (χ1v) is 19.9. The highest BCUT2D eigenvalue weighted by molar-refractivity contribution is 8.00. The fourth-order valence-corrected chi connectivity index (χ4v) is 8.48. The number of aromatic nitrogens is 2. The third kappa shape index (κ3) is 12.2. The lowest BCUT2D eigenvalue weighted by atomic mass is 9.73. The minimum absolute atomic E-state index is 0.122. The first-order chi connectivity index (χ1) is 19.6. The van der Waals surface area contributed by atoms with Gasteiger partial charge in [-0.3, -0.25) is 9.59 Å². The Labute approximate surface area is 259 Å². The molecule has 0 aliphatic carbocycles. The Bertz CT molecular complexity index is 1100. The minimum Gasteiger partial charge on any atom is -0.481 e. The second-order valence-electron chi connectivity index (χ2n) is 13.7. The molecule has 0 aliphatic heterocycles. The Morgan fingerprint density at radius 3 is 2.31 bits per heavy atom. The Hall–Kier alpha value is -2.10. The molecule has 1 N–H and O–H groups in total. The quantitative estimate of drug-likeness (QED) is 0.0732. The van der Waals surface area contributed by atoms with E-state index in [4.69, 9.17) is 9.47 Å². The van der Waals surface area contributed by atoms with E-state index in [1.165, 1.54) is 16.0 Å². The summed E-state index contributed by atoms with van der Waals surface area (Å²) in [6.45, 7) is 18.0. The third-order valence-electron chi connectivity index (χ3n) is 8.04. The molecule has 1 aromatic heterocycles. The van der Waals surface area contributed by atoms with Gasteiger partial charge in [0.2, 0.25) is 0 Å². The molecule has 2 rings (SSSR count). The smallest absolute Gasteiger partial charge is 0.311 e. The van der Waals surface area contributed by atoms with E-state index < -0.39 is 25.7 Å². The van der Waals surface area contributed by atoms with E-state index in [-0.39, 0.29) is 30.2 Å². The van der Waals surface area contributed by atoms with Crippen molar-refractivity contribution in [2.75, 3.05) is 13.7 Å². The number of aryl methyl sites for hydroxylation is 2. The zero-order chi connectivity index (χ0) is 31.5. The van der Waals surface area contributed by atoms with Crippen LogP contribution in [0.2, 0.25) is 25.7 Å². The molecule has 1 aromatic carbocycles. The summed E-state index contributed by atoms with van der Waals surface area (Å²) in [6.07, 6.45) is 8.82. The molecule has 0 radical (unpaired) electrons. The molecule has 9 heteroatoms. The van der Waals surface area contributed by atoms with Crippen LogP contribution in [0, 0.1) is 31.1 Å². The van der Waals surface area contributed by atoms with Crippen LogP contribution >= 0.6 is 11.8 Å². The predicted octanol–water partition coefficient (Wildman–Crippen LogP) is 8.39. The summed E-state index contributed by atoms with van der Waals surface area (Å²) < 4.78 is 13.4. The van der Waals surface area contributed by atoms with E-state index in [2.05, 4.69) is 77.4 Å². The lowest BCUT2D eigenvalue weighted by Gasteiger charge is -2.38. The zero-order valence-electron chi connectivity index (χ0n) is 27.3. The van der Waals surface area contributed by atoms with Gasteiger partial charge in [0, 0.05) is 44.1 Å². The van der Waals surface area contributed by atoms with Crippen molar-refractivity contribution in [3.05, 3.63) is 48.0 Å². The van der Waals surface area contributed by atoms with Gasteiger partial charge < -0.3 is 19.1 Å². The van der Waals surface area contributed by atoms with Crippen LogP contribution in [0.25, 0.3) is 0 Å². The highest BCUT2D eigenvalue weighted by Crippen LogP contribution is 2.44. The molecule has 0 bridgehead atoms. The number of benzene rings is 1. The molecular weight excluding hydrogens is 565 g/mol. The minimum atomic E-state index is -1.43. The van der Waals surface area contributed by atoms with Crippen LogP contribution in [0.4, 0.5) is 0 Å². The van der Waals surface area contributed by atoms with E-state index in [9.17, 15) is 14.7 Å². The van der Waals surface area contributed by atoms with Crippen molar-refractivity contribution in [3.8, 4) is 0 Å². The highest BCUT2D eigenvalue weighted by Gasteiger charge is 2.41. The summed E-state index contributed by atoms with van der Waals surface area (Å²) in [5.41, 5.74) is 1.82. The molecule has 236 valence electrons. The zero-order valence-corrected chi connectivity index (χ0v) is 29.1. The number of nitrogens with zero attached hydrogens (tertiary/aromatic N) is 2. The number of carboxylic acids is 1. The summed E-state index contributed by atoms with van der Waals surface area (Å²) in [7, 11) is 0.179. The summed E-state index contributed by atoms with van der Waals surface area (Å²) in [5.74, 6) is -0.341. The van der Waals surface area contributed by atoms with Crippen molar-refractivity contribution in [1.82, 2.24) is 9.55 Å². The van der Waals surface area contributed by atoms with E-state index >= 15 is 0 Å². The van der Waals surface area contributed by atoms with Crippen molar-refractivity contribution in [2.24, 2.45) is 17.3 Å². The highest BCUT2D eigenvalue weighted by atomic mass is 32.2. The second-order valence-corrected chi connectivity index (χ2v) is 20.6. The second kappa shape index (κ2) is 16.7. The number of ether oxygens (including phenoxy) is 2. The lowest BCUT2D eigenvalue weighted by molar-refractivity contribution is -0.162. The molecule has 4 unspecified atom stereocenters. The Balaban J connectivity index is 2.36. The summed E-state index contributed by atoms with van der Waals surface area (Å²) >= 11 is 1.89. The number of esters is 1.